The number of methoxy groups -OCH3 is 1. The molecule has 192 valence electrons. The fourth-order valence-electron chi connectivity index (χ4n) is 6.94. The summed E-state index contributed by atoms with van der Waals surface area (Å²) in [6.07, 6.45) is 0.318. The topological polar surface area (TPSA) is 68.3 Å². The van der Waals surface area contributed by atoms with Gasteiger partial charge in [0.15, 0.2) is 5.13 Å². The molecule has 0 fully saturated rings. The second-order valence-electron chi connectivity index (χ2n) is 10.6. The molecule has 8 rings (SSSR count). The smallest absolute Gasteiger partial charge is 0.320 e. The Morgan fingerprint density at radius 1 is 0.897 bits per heavy atom. The number of thiazole rings is 1. The molecule has 4 aromatic carbocycles. The SMILES string of the molecule is COC(=O)C12CC(C)(C(=O)Nc3nc(-c4cccc5ccccc45)cs3)C(c3ccccc31)c1ccccc12. The highest BCUT2D eigenvalue weighted by Gasteiger charge is 2.64. The number of esters is 1. The van der Waals surface area contributed by atoms with Crippen LogP contribution in [0.15, 0.2) is 96.4 Å². The van der Waals surface area contributed by atoms with E-state index >= 15 is 0 Å². The van der Waals surface area contributed by atoms with E-state index in [1.54, 1.807) is 0 Å². The number of hydrogen-bond donors (Lipinski definition) is 1. The van der Waals surface area contributed by atoms with Crippen LogP contribution in [-0.2, 0) is 19.7 Å². The van der Waals surface area contributed by atoms with Gasteiger partial charge in [0.2, 0.25) is 5.91 Å². The second kappa shape index (κ2) is 8.61. The van der Waals surface area contributed by atoms with Gasteiger partial charge in [0.05, 0.1) is 18.2 Å². The molecule has 1 N–H and O–H groups in total. The first-order valence-corrected chi connectivity index (χ1v) is 13.9. The van der Waals surface area contributed by atoms with Crippen LogP contribution in [0.4, 0.5) is 5.13 Å². The number of anilines is 1. The average molecular weight is 531 g/mol. The molecule has 0 aliphatic heterocycles. The lowest BCUT2D eigenvalue weighted by Gasteiger charge is -2.55. The van der Waals surface area contributed by atoms with Crippen molar-refractivity contribution in [1.82, 2.24) is 4.98 Å². The number of amides is 1. The summed E-state index contributed by atoms with van der Waals surface area (Å²) >= 11 is 1.41. The number of nitrogens with one attached hydrogen (secondary N) is 1. The molecule has 0 radical (unpaired) electrons. The van der Waals surface area contributed by atoms with Crippen LogP contribution in [0.2, 0.25) is 0 Å². The van der Waals surface area contributed by atoms with Crippen LogP contribution in [0.5, 0.6) is 0 Å². The minimum atomic E-state index is -1.06. The van der Waals surface area contributed by atoms with Crippen molar-refractivity contribution in [2.75, 3.05) is 12.4 Å². The molecule has 5 aromatic rings. The first-order valence-electron chi connectivity index (χ1n) is 13.0. The molecule has 1 heterocycles. The number of fused-ring (bicyclic) bond motifs is 2. The van der Waals surface area contributed by atoms with E-state index in [9.17, 15) is 9.59 Å². The second-order valence-corrected chi connectivity index (χ2v) is 11.5. The van der Waals surface area contributed by atoms with Gasteiger partial charge in [-0.15, -0.1) is 11.3 Å². The molecular formula is C33H26N2O3S. The molecule has 1 aromatic heterocycles. The Kier molecular flexibility index (Phi) is 5.26. The van der Waals surface area contributed by atoms with E-state index < -0.39 is 10.8 Å². The molecule has 5 nitrogen and oxygen atoms in total. The zero-order valence-corrected chi connectivity index (χ0v) is 22.4. The highest BCUT2D eigenvalue weighted by atomic mass is 32.1. The van der Waals surface area contributed by atoms with Gasteiger partial charge in [-0.1, -0.05) is 91.0 Å². The van der Waals surface area contributed by atoms with Crippen LogP contribution in [0.1, 0.15) is 41.5 Å². The minimum Gasteiger partial charge on any atom is -0.468 e. The Labute approximate surface area is 230 Å². The Balaban J connectivity index is 1.30. The van der Waals surface area contributed by atoms with E-state index in [0.717, 1.165) is 44.3 Å². The van der Waals surface area contributed by atoms with E-state index in [-0.39, 0.29) is 17.8 Å². The number of benzene rings is 4. The van der Waals surface area contributed by atoms with Crippen molar-refractivity contribution < 1.29 is 14.3 Å². The lowest BCUT2D eigenvalue weighted by Crippen LogP contribution is -2.57. The number of ether oxygens (including phenoxy) is 1. The summed E-state index contributed by atoms with van der Waals surface area (Å²) in [6, 6.07) is 30.3. The van der Waals surface area contributed by atoms with E-state index in [1.807, 2.05) is 79.0 Å². The van der Waals surface area contributed by atoms with Crippen LogP contribution >= 0.6 is 11.3 Å². The quantitative estimate of drug-likeness (QED) is 0.256. The molecule has 0 spiro atoms. The van der Waals surface area contributed by atoms with Crippen molar-refractivity contribution >= 4 is 39.1 Å². The number of rotatable bonds is 4. The van der Waals surface area contributed by atoms with Gasteiger partial charge in [0.25, 0.3) is 0 Å². The van der Waals surface area contributed by atoms with Gasteiger partial charge in [-0.05, 0) is 46.4 Å². The summed E-state index contributed by atoms with van der Waals surface area (Å²) in [6.45, 7) is 1.97. The number of hydrogen-bond acceptors (Lipinski definition) is 5. The third-order valence-electron chi connectivity index (χ3n) is 8.58. The lowest BCUT2D eigenvalue weighted by molar-refractivity contribution is -0.149. The van der Waals surface area contributed by atoms with Crippen LogP contribution in [0.3, 0.4) is 0 Å². The van der Waals surface area contributed by atoms with Crippen LogP contribution in [0, 0.1) is 5.41 Å². The maximum absolute atomic E-state index is 14.2. The molecule has 3 aliphatic carbocycles. The van der Waals surface area contributed by atoms with Crippen molar-refractivity contribution in [2.45, 2.75) is 24.7 Å². The van der Waals surface area contributed by atoms with Gasteiger partial charge in [-0.3, -0.25) is 9.59 Å². The molecule has 39 heavy (non-hydrogen) atoms. The summed E-state index contributed by atoms with van der Waals surface area (Å²) in [7, 11) is 1.42. The summed E-state index contributed by atoms with van der Waals surface area (Å²) in [5, 5.41) is 7.91. The molecule has 3 aliphatic rings. The van der Waals surface area contributed by atoms with Crippen molar-refractivity contribution in [3.8, 4) is 11.3 Å². The van der Waals surface area contributed by atoms with E-state index in [2.05, 4.69) is 29.6 Å². The van der Waals surface area contributed by atoms with Gasteiger partial charge in [0.1, 0.15) is 5.41 Å². The van der Waals surface area contributed by atoms with Gasteiger partial charge >= 0.3 is 5.97 Å². The third kappa shape index (κ3) is 3.28. The Bertz CT molecular complexity index is 1740. The van der Waals surface area contributed by atoms with Crippen molar-refractivity contribution in [3.05, 3.63) is 119 Å². The largest absolute Gasteiger partial charge is 0.468 e. The molecule has 1 unspecified atom stereocenters. The number of nitrogens with zero attached hydrogens (tertiary/aromatic N) is 1. The predicted octanol–water partition coefficient (Wildman–Crippen LogP) is 6.92. The molecule has 1 amide bonds. The van der Waals surface area contributed by atoms with Gasteiger partial charge in [-0.2, -0.15) is 0 Å². The summed E-state index contributed by atoms with van der Waals surface area (Å²) in [5.41, 5.74) is 3.75. The maximum atomic E-state index is 14.2. The fraction of sp³-hybridized carbons (Fsp3) is 0.182. The third-order valence-corrected chi connectivity index (χ3v) is 9.33. The number of carbonyl (C=O) groups is 2. The fourth-order valence-corrected chi connectivity index (χ4v) is 7.64. The van der Waals surface area contributed by atoms with Gasteiger partial charge in [-0.25, -0.2) is 4.98 Å². The van der Waals surface area contributed by atoms with E-state index in [0.29, 0.717) is 11.6 Å². The van der Waals surface area contributed by atoms with Crippen molar-refractivity contribution in [3.63, 3.8) is 0 Å². The Morgan fingerprint density at radius 3 is 2.26 bits per heavy atom. The zero-order chi connectivity index (χ0) is 26.8. The Morgan fingerprint density at radius 2 is 1.54 bits per heavy atom. The van der Waals surface area contributed by atoms with Gasteiger partial charge in [0, 0.05) is 16.9 Å². The first kappa shape index (κ1) is 23.8. The maximum Gasteiger partial charge on any atom is 0.320 e. The molecule has 6 heteroatoms. The average Bonchev–Trinajstić information content (AvgIpc) is 3.44. The monoisotopic (exact) mass is 530 g/mol. The highest BCUT2D eigenvalue weighted by molar-refractivity contribution is 7.14. The lowest BCUT2D eigenvalue weighted by atomic mass is 9.46. The standard InChI is InChI=1S/C33H26N2O3S/c1-32(29(36)35-31-34-27(18-39-31)22-15-9-11-20-10-3-4-12-21(20)22)19-33(30(37)38-2)25-16-7-5-13-23(25)28(32)24-14-6-8-17-26(24)33/h3-18,28H,19H2,1-2H3,(H,34,35,36). The minimum absolute atomic E-state index is 0.149. The van der Waals surface area contributed by atoms with Crippen molar-refractivity contribution in [1.29, 1.82) is 0 Å². The molecule has 0 saturated heterocycles. The van der Waals surface area contributed by atoms with Crippen LogP contribution in [0.25, 0.3) is 22.0 Å². The van der Waals surface area contributed by atoms with E-state index in [4.69, 9.17) is 9.72 Å². The first-order chi connectivity index (χ1) is 19.0. The summed E-state index contributed by atoms with van der Waals surface area (Å²) < 4.78 is 5.42. The Hall–Kier alpha value is -4.29. The molecule has 1 atom stereocenters. The van der Waals surface area contributed by atoms with Gasteiger partial charge < -0.3 is 10.1 Å². The highest BCUT2D eigenvalue weighted by Crippen LogP contribution is 2.64. The zero-order valence-electron chi connectivity index (χ0n) is 21.6. The summed E-state index contributed by atoms with van der Waals surface area (Å²) in [5.74, 6) is -0.690. The van der Waals surface area contributed by atoms with E-state index in [1.165, 1.54) is 18.4 Å². The summed E-state index contributed by atoms with van der Waals surface area (Å²) in [4.78, 5) is 32.7. The normalized spacial score (nSPS) is 22.7. The number of aromatic nitrogens is 1. The molecule has 0 saturated carbocycles. The van der Waals surface area contributed by atoms with Crippen LogP contribution < -0.4 is 5.32 Å². The molecular weight excluding hydrogens is 504 g/mol. The van der Waals surface area contributed by atoms with Crippen LogP contribution in [-0.4, -0.2) is 24.0 Å². The predicted molar refractivity (Wildman–Crippen MR) is 154 cm³/mol. The molecule has 2 bridgehead atoms. The van der Waals surface area contributed by atoms with Crippen molar-refractivity contribution in [2.24, 2.45) is 5.41 Å². The number of carbonyl (C=O) groups excluding carboxylic acids is 2.